The third kappa shape index (κ3) is 5.61. The largest absolute Gasteiger partial charge is 0.508 e. The first kappa shape index (κ1) is 21.4. The van der Waals surface area contributed by atoms with Gasteiger partial charge in [0.1, 0.15) is 28.6 Å². The van der Waals surface area contributed by atoms with Crippen molar-refractivity contribution in [2.75, 3.05) is 7.05 Å². The average molecular weight is 442 g/mol. The summed E-state index contributed by atoms with van der Waals surface area (Å²) < 4.78 is 1.75. The van der Waals surface area contributed by atoms with Crippen LogP contribution in [-0.4, -0.2) is 43.6 Å². The Labute approximate surface area is 181 Å². The Balaban J connectivity index is 1.90. The van der Waals surface area contributed by atoms with E-state index in [0.717, 1.165) is 4.90 Å². The molecule has 154 valence electrons. The molecule has 3 rings (SSSR count). The summed E-state index contributed by atoms with van der Waals surface area (Å²) in [6.45, 7) is 0. The van der Waals surface area contributed by atoms with Crippen LogP contribution in [0.25, 0.3) is 0 Å². The Morgan fingerprint density at radius 2 is 1.97 bits per heavy atom. The zero-order chi connectivity index (χ0) is 21.5. The summed E-state index contributed by atoms with van der Waals surface area (Å²) in [5.41, 5.74) is 0.183. The lowest BCUT2D eigenvalue weighted by atomic mass is 10.3. The summed E-state index contributed by atoms with van der Waals surface area (Å²) in [5, 5.41) is 31.7. The van der Waals surface area contributed by atoms with E-state index in [0.29, 0.717) is 15.1 Å². The summed E-state index contributed by atoms with van der Waals surface area (Å²) in [6.07, 6.45) is 4.56. The summed E-state index contributed by atoms with van der Waals surface area (Å²) >= 11 is 2.62. The van der Waals surface area contributed by atoms with Gasteiger partial charge in [0.05, 0.1) is 0 Å². The van der Waals surface area contributed by atoms with Gasteiger partial charge in [-0.1, -0.05) is 11.8 Å². The molecule has 0 saturated carbocycles. The molecule has 0 atom stereocenters. The fourth-order valence-corrected chi connectivity index (χ4v) is 3.86. The van der Waals surface area contributed by atoms with E-state index in [2.05, 4.69) is 25.8 Å². The Morgan fingerprint density at radius 3 is 2.63 bits per heavy atom. The Morgan fingerprint density at radius 1 is 1.20 bits per heavy atom. The van der Waals surface area contributed by atoms with E-state index in [-0.39, 0.29) is 17.3 Å². The van der Waals surface area contributed by atoms with Crippen LogP contribution in [0.2, 0.25) is 0 Å². The standard InChI is InChI=1S/C19H19N7O2S2/c1-21-10-9-15(20)23-18(28)17-14(29-13-5-3-12(27)4-6-13)7-8-16(24-17)30-19-25-22-11-26(19)2/h3-11,21,27H,1-2H3,(H2,20,23,28)/b10-9-. The number of rotatable bonds is 7. The topological polar surface area (TPSA) is 129 Å². The molecule has 0 aliphatic carbocycles. The molecule has 0 saturated heterocycles. The van der Waals surface area contributed by atoms with E-state index in [1.54, 1.807) is 60.5 Å². The summed E-state index contributed by atoms with van der Waals surface area (Å²) in [7, 11) is 3.52. The molecule has 0 aliphatic heterocycles. The first-order valence-corrected chi connectivity index (χ1v) is 10.3. The van der Waals surface area contributed by atoms with Crippen molar-refractivity contribution in [2.45, 2.75) is 20.0 Å². The molecule has 0 aliphatic rings. The van der Waals surface area contributed by atoms with E-state index in [4.69, 9.17) is 5.41 Å². The summed E-state index contributed by atoms with van der Waals surface area (Å²) in [4.78, 5) is 18.8. The molecule has 9 nitrogen and oxygen atoms in total. The number of hydrogen-bond donors (Lipinski definition) is 4. The molecular weight excluding hydrogens is 422 g/mol. The molecule has 2 heterocycles. The number of nitrogens with zero attached hydrogens (tertiary/aromatic N) is 4. The molecule has 0 unspecified atom stereocenters. The van der Waals surface area contributed by atoms with Gasteiger partial charge >= 0.3 is 0 Å². The quantitative estimate of drug-likeness (QED) is 0.325. The molecule has 2 aromatic heterocycles. The first-order valence-electron chi connectivity index (χ1n) is 8.70. The van der Waals surface area contributed by atoms with Gasteiger partial charge in [0.2, 0.25) is 0 Å². The number of pyridine rings is 1. The van der Waals surface area contributed by atoms with Crippen LogP contribution in [0.3, 0.4) is 0 Å². The molecule has 11 heteroatoms. The molecule has 0 spiro atoms. The zero-order valence-corrected chi connectivity index (χ0v) is 17.8. The molecule has 0 bridgehead atoms. The maximum Gasteiger partial charge on any atom is 0.276 e. The molecule has 3 aromatic rings. The monoisotopic (exact) mass is 441 g/mol. The predicted molar refractivity (Wildman–Crippen MR) is 115 cm³/mol. The number of carbonyl (C=O) groups is 1. The van der Waals surface area contributed by atoms with Crippen molar-refractivity contribution in [3.8, 4) is 5.75 Å². The highest BCUT2D eigenvalue weighted by Crippen LogP contribution is 2.33. The summed E-state index contributed by atoms with van der Waals surface area (Å²) in [5.74, 6) is -0.402. The fourth-order valence-electron chi connectivity index (χ4n) is 2.22. The van der Waals surface area contributed by atoms with Crippen LogP contribution < -0.4 is 10.6 Å². The van der Waals surface area contributed by atoms with Gasteiger partial charge in [0, 0.05) is 23.9 Å². The number of aromatic nitrogens is 4. The van der Waals surface area contributed by atoms with Crippen molar-refractivity contribution in [1.82, 2.24) is 30.4 Å². The molecule has 1 aromatic carbocycles. The van der Waals surface area contributed by atoms with Crippen LogP contribution in [0, 0.1) is 5.41 Å². The van der Waals surface area contributed by atoms with Crippen LogP contribution in [-0.2, 0) is 7.05 Å². The van der Waals surface area contributed by atoms with Crippen molar-refractivity contribution >= 4 is 35.3 Å². The van der Waals surface area contributed by atoms with Crippen molar-refractivity contribution in [1.29, 1.82) is 5.41 Å². The van der Waals surface area contributed by atoms with E-state index < -0.39 is 5.91 Å². The molecular formula is C19H19N7O2S2. The molecule has 0 radical (unpaired) electrons. The molecule has 4 N–H and O–H groups in total. The molecule has 30 heavy (non-hydrogen) atoms. The van der Waals surface area contributed by atoms with Crippen molar-refractivity contribution in [3.63, 3.8) is 0 Å². The van der Waals surface area contributed by atoms with Gasteiger partial charge in [-0.05, 0) is 60.4 Å². The lowest BCUT2D eigenvalue weighted by molar-refractivity contribution is 0.0968. The average Bonchev–Trinajstić information content (AvgIpc) is 3.13. The van der Waals surface area contributed by atoms with Crippen LogP contribution in [0.15, 0.2) is 75.0 Å². The predicted octanol–water partition coefficient (Wildman–Crippen LogP) is 2.66. The first-order chi connectivity index (χ1) is 14.5. The number of phenolic OH excluding ortho intramolecular Hbond substituents is 1. The maximum absolute atomic E-state index is 12.8. The second-order valence-corrected chi connectivity index (χ2v) is 8.01. The number of nitrogens with one attached hydrogen (secondary N) is 3. The van der Waals surface area contributed by atoms with Gasteiger partial charge < -0.3 is 20.3 Å². The number of benzene rings is 1. The van der Waals surface area contributed by atoms with Crippen LogP contribution in [0.1, 0.15) is 10.5 Å². The number of carbonyl (C=O) groups excluding carboxylic acids is 1. The minimum absolute atomic E-state index is 0.0666. The zero-order valence-electron chi connectivity index (χ0n) is 16.2. The fraction of sp³-hybridized carbons (Fsp3) is 0.105. The highest BCUT2D eigenvalue weighted by Gasteiger charge is 2.18. The van der Waals surface area contributed by atoms with Gasteiger partial charge in [-0.15, -0.1) is 10.2 Å². The minimum atomic E-state index is -0.498. The number of aromatic hydroxyl groups is 1. The number of aryl methyl sites for hydroxylation is 1. The SMILES string of the molecule is CN/C=C\C(=N)NC(=O)c1nc(Sc2nncn2C)ccc1Sc1ccc(O)cc1. The van der Waals surface area contributed by atoms with Crippen LogP contribution in [0.5, 0.6) is 5.75 Å². The van der Waals surface area contributed by atoms with Gasteiger partial charge in [-0.3, -0.25) is 10.2 Å². The third-order valence-corrected chi connectivity index (χ3v) is 5.69. The summed E-state index contributed by atoms with van der Waals surface area (Å²) in [6, 6.07) is 10.2. The van der Waals surface area contributed by atoms with Gasteiger partial charge in [0.15, 0.2) is 5.16 Å². The normalized spacial score (nSPS) is 10.9. The lowest BCUT2D eigenvalue weighted by Crippen LogP contribution is -2.30. The highest BCUT2D eigenvalue weighted by molar-refractivity contribution is 7.99. The van der Waals surface area contributed by atoms with E-state index >= 15 is 0 Å². The van der Waals surface area contributed by atoms with E-state index in [1.807, 2.05) is 7.05 Å². The Hall–Kier alpha value is -3.31. The van der Waals surface area contributed by atoms with Crippen molar-refractivity contribution in [3.05, 3.63) is 60.7 Å². The highest BCUT2D eigenvalue weighted by atomic mass is 32.2. The minimum Gasteiger partial charge on any atom is -0.508 e. The van der Waals surface area contributed by atoms with Crippen LogP contribution in [0.4, 0.5) is 0 Å². The number of hydrogen-bond acceptors (Lipinski definition) is 9. The number of phenols is 1. The second-order valence-electron chi connectivity index (χ2n) is 5.91. The van der Waals surface area contributed by atoms with E-state index in [9.17, 15) is 9.90 Å². The smallest absolute Gasteiger partial charge is 0.276 e. The van der Waals surface area contributed by atoms with Gasteiger partial charge in [-0.2, -0.15) is 0 Å². The Kier molecular flexibility index (Phi) is 7.09. The van der Waals surface area contributed by atoms with Crippen molar-refractivity contribution in [2.24, 2.45) is 7.05 Å². The number of amidine groups is 1. The van der Waals surface area contributed by atoms with Gasteiger partial charge in [0.25, 0.3) is 5.91 Å². The van der Waals surface area contributed by atoms with Gasteiger partial charge in [-0.25, -0.2) is 4.98 Å². The lowest BCUT2D eigenvalue weighted by Gasteiger charge is -2.11. The van der Waals surface area contributed by atoms with Crippen LogP contribution >= 0.6 is 23.5 Å². The molecule has 0 fully saturated rings. The van der Waals surface area contributed by atoms with Crippen molar-refractivity contribution < 1.29 is 9.90 Å². The Bertz CT molecular complexity index is 1080. The maximum atomic E-state index is 12.8. The number of amides is 1. The third-order valence-electron chi connectivity index (χ3n) is 3.64. The second kappa shape index (κ2) is 9.94. The molecule has 1 amide bonds. The van der Waals surface area contributed by atoms with E-state index in [1.165, 1.54) is 29.6 Å².